The van der Waals surface area contributed by atoms with Gasteiger partial charge in [0.1, 0.15) is 5.83 Å². The Morgan fingerprint density at radius 3 is 2.54 bits per heavy atom. The van der Waals surface area contributed by atoms with E-state index < -0.39 is 0 Å². The van der Waals surface area contributed by atoms with Gasteiger partial charge in [-0.25, -0.2) is 4.39 Å². The van der Waals surface area contributed by atoms with Crippen LogP contribution in [0.2, 0.25) is 0 Å². The van der Waals surface area contributed by atoms with E-state index in [1.54, 1.807) is 12.3 Å². The Balaban J connectivity index is 2.00. The predicted octanol–water partition coefficient (Wildman–Crippen LogP) is 1.97. The maximum absolute atomic E-state index is 12.6. The zero-order valence-corrected chi connectivity index (χ0v) is 7.23. The molecule has 0 aromatic carbocycles. The second-order valence-corrected chi connectivity index (χ2v) is 2.92. The quantitative estimate of drug-likeness (QED) is 0.605. The molecule has 2 nitrogen and oxygen atoms in total. The number of nitrogens with zero attached hydrogens (tertiary/aromatic N) is 2. The minimum Gasteiger partial charge on any atom is -0.289 e. The normalized spacial score (nSPS) is 20.8. The fourth-order valence-electron chi connectivity index (χ4n) is 1.31. The molecule has 68 valence electrons. The van der Waals surface area contributed by atoms with Crippen LogP contribution in [0.25, 0.3) is 0 Å². The highest BCUT2D eigenvalue weighted by Gasteiger charge is 2.09. The number of hydrogen-bond acceptors (Lipinski definition) is 2. The second-order valence-electron chi connectivity index (χ2n) is 2.92. The largest absolute Gasteiger partial charge is 0.289 e. The fourth-order valence-corrected chi connectivity index (χ4v) is 1.31. The summed E-state index contributed by atoms with van der Waals surface area (Å²) in [7, 11) is 0. The maximum Gasteiger partial charge on any atom is 0.122 e. The van der Waals surface area contributed by atoms with Crippen LogP contribution < -0.4 is 0 Å². The molecule has 13 heavy (non-hydrogen) atoms. The first-order valence-electron chi connectivity index (χ1n) is 4.27. The van der Waals surface area contributed by atoms with Crippen molar-refractivity contribution in [2.75, 3.05) is 13.1 Å². The summed E-state index contributed by atoms with van der Waals surface area (Å²) in [6, 6.07) is 0. The van der Waals surface area contributed by atoms with Gasteiger partial charge in [-0.2, -0.15) is 0 Å². The van der Waals surface area contributed by atoms with Crippen LogP contribution in [0.4, 0.5) is 4.39 Å². The number of hydrogen-bond donors (Lipinski definition) is 0. The van der Waals surface area contributed by atoms with Crippen LogP contribution in [0.3, 0.4) is 0 Å². The topological polar surface area (TPSA) is 6.48 Å². The molecule has 0 saturated heterocycles. The minimum atomic E-state index is -0.159. The minimum absolute atomic E-state index is 0.159. The monoisotopic (exact) mass is 178 g/mol. The van der Waals surface area contributed by atoms with Crippen molar-refractivity contribution < 1.29 is 4.39 Å². The molecule has 2 aliphatic rings. The molecule has 0 aromatic heterocycles. The number of halogens is 1. The molecule has 2 heterocycles. The molecule has 0 aliphatic carbocycles. The van der Waals surface area contributed by atoms with Gasteiger partial charge in [-0.1, -0.05) is 12.2 Å². The Morgan fingerprint density at radius 2 is 1.92 bits per heavy atom. The van der Waals surface area contributed by atoms with E-state index in [4.69, 9.17) is 0 Å². The average Bonchev–Trinajstić information content (AvgIpc) is 2.20. The van der Waals surface area contributed by atoms with Crippen molar-refractivity contribution >= 4 is 0 Å². The van der Waals surface area contributed by atoms with E-state index in [0.717, 1.165) is 6.54 Å². The Morgan fingerprint density at radius 1 is 1.08 bits per heavy atom. The van der Waals surface area contributed by atoms with E-state index in [-0.39, 0.29) is 5.83 Å². The maximum atomic E-state index is 12.6. The van der Waals surface area contributed by atoms with E-state index >= 15 is 0 Å². The van der Waals surface area contributed by atoms with E-state index in [1.165, 1.54) is 6.08 Å². The van der Waals surface area contributed by atoms with Crippen molar-refractivity contribution in [3.63, 3.8) is 0 Å². The molecule has 0 radical (unpaired) electrons. The molecule has 0 saturated carbocycles. The van der Waals surface area contributed by atoms with Crippen molar-refractivity contribution in [2.24, 2.45) is 0 Å². The van der Waals surface area contributed by atoms with Crippen LogP contribution in [0.15, 0.2) is 48.6 Å². The molecule has 0 N–H and O–H groups in total. The molecule has 2 aliphatic heterocycles. The first-order chi connectivity index (χ1) is 6.36. The molecule has 0 bridgehead atoms. The van der Waals surface area contributed by atoms with Gasteiger partial charge < -0.3 is 0 Å². The highest BCUT2D eigenvalue weighted by molar-refractivity contribution is 5.16. The number of rotatable bonds is 1. The van der Waals surface area contributed by atoms with Gasteiger partial charge in [-0.05, 0) is 18.2 Å². The summed E-state index contributed by atoms with van der Waals surface area (Å²) in [5.41, 5.74) is 0. The molecule has 0 amide bonds. The van der Waals surface area contributed by atoms with Gasteiger partial charge in [-0.3, -0.25) is 10.0 Å². The van der Waals surface area contributed by atoms with Crippen molar-refractivity contribution in [1.29, 1.82) is 0 Å². The van der Waals surface area contributed by atoms with E-state index in [9.17, 15) is 4.39 Å². The lowest BCUT2D eigenvalue weighted by Crippen LogP contribution is -2.36. The Hall–Kier alpha value is -1.51. The Labute approximate surface area is 76.9 Å². The summed E-state index contributed by atoms with van der Waals surface area (Å²) < 4.78 is 12.6. The van der Waals surface area contributed by atoms with Crippen molar-refractivity contribution in [1.82, 2.24) is 10.0 Å². The van der Waals surface area contributed by atoms with Gasteiger partial charge in [0.25, 0.3) is 0 Å². The Bertz CT molecular complexity index is 302. The molecule has 2 rings (SSSR count). The van der Waals surface area contributed by atoms with Gasteiger partial charge in [-0.15, -0.1) is 0 Å². The lowest BCUT2D eigenvalue weighted by atomic mass is 10.3. The van der Waals surface area contributed by atoms with Crippen molar-refractivity contribution in [3.8, 4) is 0 Å². The lowest BCUT2D eigenvalue weighted by Gasteiger charge is -2.33. The smallest absolute Gasteiger partial charge is 0.122 e. The first-order valence-corrected chi connectivity index (χ1v) is 4.27. The summed E-state index contributed by atoms with van der Waals surface area (Å²) in [6.45, 7) is 1.44. The third-order valence-corrected chi connectivity index (χ3v) is 2.01. The van der Waals surface area contributed by atoms with Crippen molar-refractivity contribution in [2.45, 2.75) is 0 Å². The fraction of sp³-hybridized carbons (Fsp3) is 0.200. The zero-order valence-electron chi connectivity index (χ0n) is 7.23. The summed E-state index contributed by atoms with van der Waals surface area (Å²) >= 11 is 0. The van der Waals surface area contributed by atoms with Crippen LogP contribution in [-0.2, 0) is 0 Å². The molecule has 0 spiro atoms. The number of allylic oxidation sites excluding steroid dienone is 4. The van der Waals surface area contributed by atoms with Gasteiger partial charge in [0.2, 0.25) is 0 Å². The van der Waals surface area contributed by atoms with Crippen molar-refractivity contribution in [3.05, 3.63) is 48.6 Å². The lowest BCUT2D eigenvalue weighted by molar-refractivity contribution is 0.101. The van der Waals surface area contributed by atoms with Crippen LogP contribution in [-0.4, -0.2) is 23.1 Å². The van der Waals surface area contributed by atoms with Crippen LogP contribution in [0.5, 0.6) is 0 Å². The molecule has 0 atom stereocenters. The average molecular weight is 178 g/mol. The van der Waals surface area contributed by atoms with E-state index in [0.29, 0.717) is 6.54 Å². The van der Waals surface area contributed by atoms with Crippen LogP contribution in [0.1, 0.15) is 0 Å². The predicted molar refractivity (Wildman–Crippen MR) is 50.0 cm³/mol. The third-order valence-electron chi connectivity index (χ3n) is 2.01. The number of hydrazine groups is 1. The van der Waals surface area contributed by atoms with Gasteiger partial charge in [0, 0.05) is 12.4 Å². The molecular weight excluding hydrogens is 167 g/mol. The highest BCUT2D eigenvalue weighted by Crippen LogP contribution is 2.12. The third kappa shape index (κ3) is 1.80. The molecule has 3 heteroatoms. The first kappa shape index (κ1) is 8.10. The molecular formula is C10H11FN2. The van der Waals surface area contributed by atoms with E-state index in [2.05, 4.69) is 6.08 Å². The summed E-state index contributed by atoms with van der Waals surface area (Å²) in [5, 5.41) is 3.99. The molecule has 0 unspecified atom stereocenters. The van der Waals surface area contributed by atoms with Gasteiger partial charge in [0.05, 0.1) is 13.1 Å². The zero-order chi connectivity index (χ0) is 9.10. The summed E-state index contributed by atoms with van der Waals surface area (Å²) in [6.07, 6.45) is 12.8. The summed E-state index contributed by atoms with van der Waals surface area (Å²) in [5.74, 6) is -0.159. The summed E-state index contributed by atoms with van der Waals surface area (Å²) in [4.78, 5) is 0. The molecule has 0 aromatic rings. The highest BCUT2D eigenvalue weighted by atomic mass is 19.1. The Kier molecular flexibility index (Phi) is 2.17. The second kappa shape index (κ2) is 3.47. The standard InChI is InChI=1S/C10H11FN2/c11-10-4-8-13(9-5-10)12-6-2-1-3-7-12/h1-6,8H,7,9H2. The van der Waals surface area contributed by atoms with Crippen LogP contribution >= 0.6 is 0 Å². The SMILES string of the molecule is FC1=CCN(N2C=CC=CC2)C=C1. The van der Waals surface area contributed by atoms with Gasteiger partial charge >= 0.3 is 0 Å². The van der Waals surface area contributed by atoms with E-state index in [1.807, 2.05) is 28.4 Å². The molecule has 0 fully saturated rings. The van der Waals surface area contributed by atoms with Gasteiger partial charge in [0.15, 0.2) is 0 Å². The van der Waals surface area contributed by atoms with Crippen LogP contribution in [0, 0.1) is 0 Å².